The fraction of sp³-hybridized carbons (Fsp3) is 0.389. The number of hydrogen-bond donors (Lipinski definition) is 1. The number of nitriles is 1. The molecule has 1 N–H and O–H groups in total. The second kappa shape index (κ2) is 9.73. The van der Waals surface area contributed by atoms with Gasteiger partial charge in [0.15, 0.2) is 0 Å². The summed E-state index contributed by atoms with van der Waals surface area (Å²) in [7, 11) is 0. The van der Waals surface area contributed by atoms with Gasteiger partial charge in [-0.3, -0.25) is 0 Å². The molecule has 0 heterocycles. The highest BCUT2D eigenvalue weighted by Gasteiger charge is 2.23. The smallest absolute Gasteiger partial charge is 0.268 e. The molecule has 0 bridgehead atoms. The number of benzene rings is 1. The van der Waals surface area contributed by atoms with Gasteiger partial charge in [-0.25, -0.2) is 8.78 Å². The second-order valence-electron chi connectivity index (χ2n) is 5.03. The minimum atomic E-state index is -2.85. The molecule has 0 saturated carbocycles. The lowest BCUT2D eigenvalue weighted by Gasteiger charge is -2.12. The number of alkyl halides is 2. The fourth-order valence-electron chi connectivity index (χ4n) is 1.15. The van der Waals surface area contributed by atoms with Gasteiger partial charge in [-0.05, 0) is 24.6 Å². The Labute approximate surface area is 132 Å². The van der Waals surface area contributed by atoms with Crippen molar-refractivity contribution in [3.8, 4) is 6.07 Å². The molecule has 0 saturated heterocycles. The molecule has 2 nitrogen and oxygen atoms in total. The maximum atomic E-state index is 12.9. The Hall–Kier alpha value is -2.15. The Morgan fingerprint density at radius 2 is 1.77 bits per heavy atom. The summed E-state index contributed by atoms with van der Waals surface area (Å²) in [6.45, 7) is 10.3. The molecule has 0 aromatic heterocycles. The molecule has 22 heavy (non-hydrogen) atoms. The minimum absolute atomic E-state index is 0.0719. The van der Waals surface area contributed by atoms with Crippen molar-refractivity contribution in [3.63, 3.8) is 0 Å². The number of unbranched alkanes of at least 4 members (excludes halogenated alkanes) is 1. The molecule has 1 rings (SSSR count). The molecule has 0 aliphatic heterocycles. The maximum Gasteiger partial charge on any atom is 0.268 e. The Balaban J connectivity index is 0.000000980. The number of nitrogens with zero attached hydrogens (tertiary/aromatic N) is 1. The quantitative estimate of drug-likeness (QED) is 0.781. The molecule has 0 aliphatic carbocycles. The summed E-state index contributed by atoms with van der Waals surface area (Å²) < 4.78 is 25.8. The predicted molar refractivity (Wildman–Crippen MR) is 88.3 cm³/mol. The van der Waals surface area contributed by atoms with Crippen LogP contribution in [0.25, 0.3) is 5.70 Å². The monoisotopic (exact) mass is 306 g/mol. The number of allylic oxidation sites excluding steroid dienone is 1. The van der Waals surface area contributed by atoms with Crippen LogP contribution in [0.2, 0.25) is 0 Å². The molecule has 0 amide bonds. The summed E-state index contributed by atoms with van der Waals surface area (Å²) in [5, 5.41) is 11.4. The summed E-state index contributed by atoms with van der Waals surface area (Å²) in [6, 6.07) is 8.71. The molecule has 0 spiro atoms. The van der Waals surface area contributed by atoms with Gasteiger partial charge in [0.25, 0.3) is 5.92 Å². The summed E-state index contributed by atoms with van der Waals surface area (Å²) in [5.41, 5.74) is 1.72. The van der Waals surface area contributed by atoms with Crippen molar-refractivity contribution in [1.82, 2.24) is 5.32 Å². The third kappa shape index (κ3) is 7.58. The molecule has 0 unspecified atom stereocenters. The van der Waals surface area contributed by atoms with E-state index in [1.165, 1.54) is 26.0 Å². The van der Waals surface area contributed by atoms with Crippen molar-refractivity contribution in [1.29, 1.82) is 5.26 Å². The van der Waals surface area contributed by atoms with E-state index in [-0.39, 0.29) is 5.57 Å². The number of nitrogens with one attached hydrogen (secondary N) is 1. The van der Waals surface area contributed by atoms with Gasteiger partial charge < -0.3 is 5.32 Å². The lowest BCUT2D eigenvalue weighted by molar-refractivity contribution is 0.0631. The van der Waals surface area contributed by atoms with E-state index in [0.717, 1.165) is 12.5 Å². The Kier molecular flexibility index (Phi) is 8.78. The maximum absolute atomic E-state index is 12.9. The van der Waals surface area contributed by atoms with E-state index < -0.39 is 5.92 Å². The number of halogens is 2. The van der Waals surface area contributed by atoms with Crippen molar-refractivity contribution in [3.05, 3.63) is 53.7 Å². The highest BCUT2D eigenvalue weighted by molar-refractivity contribution is 5.63. The average molecular weight is 306 g/mol. The molecule has 0 aliphatic rings. The molecule has 0 atom stereocenters. The van der Waals surface area contributed by atoms with E-state index in [9.17, 15) is 8.78 Å². The van der Waals surface area contributed by atoms with E-state index in [1.807, 2.05) is 6.07 Å². The van der Waals surface area contributed by atoms with Crippen molar-refractivity contribution in [2.45, 2.75) is 46.5 Å². The number of hydrogen-bond acceptors (Lipinski definition) is 2. The topological polar surface area (TPSA) is 35.8 Å². The van der Waals surface area contributed by atoms with Gasteiger partial charge in [-0.15, -0.1) is 0 Å². The van der Waals surface area contributed by atoms with Gasteiger partial charge in [0.2, 0.25) is 0 Å². The first-order chi connectivity index (χ1) is 10.3. The lowest BCUT2D eigenvalue weighted by Crippen LogP contribution is -2.14. The first kappa shape index (κ1) is 19.9. The van der Waals surface area contributed by atoms with Gasteiger partial charge >= 0.3 is 0 Å². The fourth-order valence-corrected chi connectivity index (χ4v) is 1.15. The predicted octanol–water partition coefficient (Wildman–Crippen LogP) is 5.48. The van der Waals surface area contributed by atoms with E-state index >= 15 is 0 Å². The SMILES string of the molecule is C=C(N/C=C(\C)C(C)(F)F)c1ccc(C#N)cc1.CCCC. The van der Waals surface area contributed by atoms with Gasteiger partial charge in [-0.1, -0.05) is 45.4 Å². The van der Waals surface area contributed by atoms with Crippen LogP contribution in [0, 0.1) is 11.3 Å². The molecular formula is C18H24F2N2. The zero-order valence-electron chi connectivity index (χ0n) is 13.7. The minimum Gasteiger partial charge on any atom is -0.362 e. The van der Waals surface area contributed by atoms with Crippen LogP contribution in [0.15, 0.2) is 42.6 Å². The van der Waals surface area contributed by atoms with Gasteiger partial charge in [0, 0.05) is 24.4 Å². The van der Waals surface area contributed by atoms with Crippen LogP contribution >= 0.6 is 0 Å². The van der Waals surface area contributed by atoms with E-state index in [0.29, 0.717) is 11.3 Å². The van der Waals surface area contributed by atoms with Crippen LogP contribution in [-0.4, -0.2) is 5.92 Å². The van der Waals surface area contributed by atoms with Gasteiger partial charge in [0.1, 0.15) is 0 Å². The van der Waals surface area contributed by atoms with Crippen LogP contribution in [0.5, 0.6) is 0 Å². The zero-order chi connectivity index (χ0) is 17.2. The highest BCUT2D eigenvalue weighted by atomic mass is 19.3. The van der Waals surface area contributed by atoms with Crippen molar-refractivity contribution in [2.75, 3.05) is 0 Å². The van der Waals surface area contributed by atoms with Crippen molar-refractivity contribution >= 4 is 5.70 Å². The normalized spacial score (nSPS) is 11.0. The summed E-state index contributed by atoms with van der Waals surface area (Å²) in [4.78, 5) is 0. The Morgan fingerprint density at radius 1 is 1.27 bits per heavy atom. The van der Waals surface area contributed by atoms with Crippen molar-refractivity contribution < 1.29 is 8.78 Å². The van der Waals surface area contributed by atoms with Gasteiger partial charge in [-0.2, -0.15) is 5.26 Å². The Morgan fingerprint density at radius 3 is 2.14 bits per heavy atom. The van der Waals surface area contributed by atoms with Gasteiger partial charge in [0.05, 0.1) is 11.6 Å². The first-order valence-corrected chi connectivity index (χ1v) is 7.27. The second-order valence-corrected chi connectivity index (χ2v) is 5.03. The Bertz CT molecular complexity index is 530. The van der Waals surface area contributed by atoms with E-state index in [2.05, 4.69) is 25.7 Å². The molecule has 1 aromatic rings. The number of rotatable bonds is 5. The average Bonchev–Trinajstić information content (AvgIpc) is 2.51. The molecule has 1 aromatic carbocycles. The molecule has 0 fully saturated rings. The van der Waals surface area contributed by atoms with Crippen LogP contribution in [-0.2, 0) is 0 Å². The lowest BCUT2D eigenvalue weighted by atomic mass is 10.1. The summed E-state index contributed by atoms with van der Waals surface area (Å²) in [5.74, 6) is -2.85. The van der Waals surface area contributed by atoms with E-state index in [4.69, 9.17) is 5.26 Å². The molecule has 0 radical (unpaired) electrons. The molecule has 4 heteroatoms. The van der Waals surface area contributed by atoms with Crippen LogP contribution in [0.3, 0.4) is 0 Å². The molecule has 120 valence electrons. The highest BCUT2D eigenvalue weighted by Crippen LogP contribution is 2.22. The third-order valence-electron chi connectivity index (χ3n) is 3.02. The van der Waals surface area contributed by atoms with E-state index in [1.54, 1.807) is 24.3 Å². The zero-order valence-corrected chi connectivity index (χ0v) is 13.7. The standard InChI is InChI=1S/C14H14F2N2.C4H10/c1-10(14(3,15)16)9-18-11(2)13-6-4-12(8-17)5-7-13;1-3-4-2/h4-7,9,18H,2H2,1,3H3;3-4H2,1-2H3/b10-9+;. The third-order valence-corrected chi connectivity index (χ3v) is 3.02. The molecular weight excluding hydrogens is 282 g/mol. The van der Waals surface area contributed by atoms with Crippen molar-refractivity contribution in [2.24, 2.45) is 0 Å². The first-order valence-electron chi connectivity index (χ1n) is 7.27. The van der Waals surface area contributed by atoms with Crippen LogP contribution in [0.1, 0.15) is 51.7 Å². The largest absolute Gasteiger partial charge is 0.362 e. The summed E-state index contributed by atoms with van der Waals surface area (Å²) >= 11 is 0. The van der Waals surface area contributed by atoms with Crippen LogP contribution in [0.4, 0.5) is 8.78 Å². The van der Waals surface area contributed by atoms with Crippen LogP contribution < -0.4 is 5.32 Å². The summed E-state index contributed by atoms with van der Waals surface area (Å²) in [6.07, 6.45) is 3.88.